The fraction of sp³-hybridized carbons (Fsp3) is 0.105. The first-order valence-corrected chi connectivity index (χ1v) is 7.56. The zero-order valence-corrected chi connectivity index (χ0v) is 13.2. The van der Waals surface area contributed by atoms with Gasteiger partial charge in [0.05, 0.1) is 11.6 Å². The highest BCUT2D eigenvalue weighted by Gasteiger charge is 2.18. The molecule has 1 amide bonds. The lowest BCUT2D eigenvalue weighted by Gasteiger charge is -2.14. The van der Waals surface area contributed by atoms with Gasteiger partial charge in [0.25, 0.3) is 5.91 Å². The molecule has 0 saturated heterocycles. The quantitative estimate of drug-likeness (QED) is 0.734. The summed E-state index contributed by atoms with van der Waals surface area (Å²) in [6, 6.07) is 11.3. The Bertz CT molecular complexity index is 921. The minimum atomic E-state index is -0.751. The number of amides is 1. The van der Waals surface area contributed by atoms with Crippen LogP contribution in [0.4, 0.5) is 13.2 Å². The lowest BCUT2D eigenvalue weighted by Crippen LogP contribution is -2.26. The van der Waals surface area contributed by atoms with Crippen LogP contribution in [0.15, 0.2) is 59.0 Å². The van der Waals surface area contributed by atoms with Crippen LogP contribution >= 0.6 is 0 Å². The first-order chi connectivity index (χ1) is 12.0. The molecule has 128 valence electrons. The average molecular weight is 345 g/mol. The van der Waals surface area contributed by atoms with Crippen molar-refractivity contribution in [2.75, 3.05) is 0 Å². The predicted molar refractivity (Wildman–Crippen MR) is 86.3 cm³/mol. The molecule has 0 bridgehead atoms. The molecule has 0 saturated carbocycles. The van der Waals surface area contributed by atoms with Crippen molar-refractivity contribution in [2.24, 2.45) is 0 Å². The molecule has 0 spiro atoms. The third-order valence-electron chi connectivity index (χ3n) is 3.75. The van der Waals surface area contributed by atoms with Crippen molar-refractivity contribution >= 4 is 5.91 Å². The van der Waals surface area contributed by atoms with E-state index in [0.29, 0.717) is 0 Å². The number of carbonyl (C=O) groups is 1. The molecule has 25 heavy (non-hydrogen) atoms. The van der Waals surface area contributed by atoms with Gasteiger partial charge in [-0.15, -0.1) is 0 Å². The molecule has 0 radical (unpaired) electrons. The Morgan fingerprint density at radius 2 is 1.76 bits per heavy atom. The van der Waals surface area contributed by atoms with Gasteiger partial charge in [0.1, 0.15) is 23.2 Å². The van der Waals surface area contributed by atoms with Gasteiger partial charge in [-0.2, -0.15) is 0 Å². The van der Waals surface area contributed by atoms with Crippen LogP contribution in [0.5, 0.6) is 0 Å². The number of benzene rings is 2. The van der Waals surface area contributed by atoms with Crippen LogP contribution in [0.2, 0.25) is 0 Å². The summed E-state index contributed by atoms with van der Waals surface area (Å²) in [4.78, 5) is 12.2. The average Bonchev–Trinajstić information content (AvgIpc) is 3.05. The topological polar surface area (TPSA) is 42.2 Å². The molecule has 3 rings (SSSR count). The minimum Gasteiger partial charge on any atom is -0.451 e. The minimum absolute atomic E-state index is 0.0346. The van der Waals surface area contributed by atoms with E-state index in [-0.39, 0.29) is 22.6 Å². The number of carbonyl (C=O) groups excluding carboxylic acids is 1. The van der Waals surface area contributed by atoms with E-state index in [0.717, 1.165) is 12.1 Å². The molecule has 3 nitrogen and oxygen atoms in total. The van der Waals surface area contributed by atoms with E-state index >= 15 is 0 Å². The second-order valence-corrected chi connectivity index (χ2v) is 5.50. The Balaban J connectivity index is 1.77. The molecular weight excluding hydrogens is 331 g/mol. The monoisotopic (exact) mass is 345 g/mol. The highest BCUT2D eigenvalue weighted by molar-refractivity contribution is 5.92. The molecule has 1 atom stereocenters. The summed E-state index contributed by atoms with van der Waals surface area (Å²) in [6.07, 6.45) is 0. The van der Waals surface area contributed by atoms with E-state index in [2.05, 4.69) is 5.32 Å². The van der Waals surface area contributed by atoms with Gasteiger partial charge in [0.15, 0.2) is 5.76 Å². The number of nitrogens with one attached hydrogen (secondary N) is 1. The summed E-state index contributed by atoms with van der Waals surface area (Å²) >= 11 is 0. The molecular formula is C19H14F3NO2. The standard InChI is InChI=1S/C19H14F3NO2/c1-11(13-7-6-12(20)10-16(13)22)23-19(24)18-9-8-17(25-18)14-4-2-3-5-15(14)21/h2-11H,1H3,(H,23,24). The molecule has 2 aromatic carbocycles. The maximum Gasteiger partial charge on any atom is 0.287 e. The lowest BCUT2D eigenvalue weighted by atomic mass is 10.1. The Hall–Kier alpha value is -3.02. The third kappa shape index (κ3) is 3.57. The first-order valence-electron chi connectivity index (χ1n) is 7.56. The van der Waals surface area contributed by atoms with Crippen molar-refractivity contribution < 1.29 is 22.4 Å². The number of hydrogen-bond donors (Lipinski definition) is 1. The number of halogens is 3. The third-order valence-corrected chi connectivity index (χ3v) is 3.75. The van der Waals surface area contributed by atoms with E-state index in [1.165, 1.54) is 30.3 Å². The molecule has 1 aromatic heterocycles. The van der Waals surface area contributed by atoms with Gasteiger partial charge < -0.3 is 9.73 Å². The maximum atomic E-state index is 13.8. The largest absolute Gasteiger partial charge is 0.451 e. The molecule has 0 aliphatic carbocycles. The fourth-order valence-corrected chi connectivity index (χ4v) is 2.46. The van der Waals surface area contributed by atoms with Crippen LogP contribution in [-0.2, 0) is 0 Å². The molecule has 1 unspecified atom stereocenters. The highest BCUT2D eigenvalue weighted by atomic mass is 19.1. The van der Waals surface area contributed by atoms with Crippen molar-refractivity contribution in [3.8, 4) is 11.3 Å². The molecule has 3 aromatic rings. The summed E-state index contributed by atoms with van der Waals surface area (Å²) in [6.45, 7) is 1.56. The van der Waals surface area contributed by atoms with Crippen molar-refractivity contribution in [1.82, 2.24) is 5.32 Å². The predicted octanol–water partition coefficient (Wildman–Crippen LogP) is 4.85. The van der Waals surface area contributed by atoms with Gasteiger partial charge in [0, 0.05) is 11.6 Å². The fourth-order valence-electron chi connectivity index (χ4n) is 2.46. The van der Waals surface area contributed by atoms with Crippen molar-refractivity contribution in [3.63, 3.8) is 0 Å². The van der Waals surface area contributed by atoms with Crippen LogP contribution in [0.1, 0.15) is 29.1 Å². The molecule has 0 aliphatic rings. The summed E-state index contributed by atoms with van der Waals surface area (Å²) < 4.78 is 45.9. The van der Waals surface area contributed by atoms with Gasteiger partial charge >= 0.3 is 0 Å². The van der Waals surface area contributed by atoms with Gasteiger partial charge in [-0.25, -0.2) is 13.2 Å². The van der Waals surface area contributed by atoms with E-state index in [1.807, 2.05) is 0 Å². The zero-order chi connectivity index (χ0) is 18.0. The summed E-state index contributed by atoms with van der Waals surface area (Å²) in [7, 11) is 0. The van der Waals surface area contributed by atoms with Crippen LogP contribution in [0, 0.1) is 17.5 Å². The second-order valence-electron chi connectivity index (χ2n) is 5.50. The molecule has 0 aliphatic heterocycles. The Labute approximate surface area is 142 Å². The van der Waals surface area contributed by atoms with Crippen LogP contribution in [0.3, 0.4) is 0 Å². The highest BCUT2D eigenvalue weighted by Crippen LogP contribution is 2.25. The molecule has 1 heterocycles. The molecule has 6 heteroatoms. The van der Waals surface area contributed by atoms with Crippen molar-refractivity contribution in [1.29, 1.82) is 0 Å². The zero-order valence-electron chi connectivity index (χ0n) is 13.2. The number of furan rings is 1. The Morgan fingerprint density at radius 3 is 2.48 bits per heavy atom. The summed E-state index contributed by atoms with van der Waals surface area (Å²) in [5.74, 6) is -2.32. The normalized spacial score (nSPS) is 12.0. The first kappa shape index (κ1) is 16.8. The van der Waals surface area contributed by atoms with Gasteiger partial charge in [-0.1, -0.05) is 18.2 Å². The SMILES string of the molecule is CC(NC(=O)c1ccc(-c2ccccc2F)o1)c1ccc(F)cc1F. The lowest BCUT2D eigenvalue weighted by molar-refractivity contribution is 0.0912. The van der Waals surface area contributed by atoms with Crippen LogP contribution < -0.4 is 5.32 Å². The van der Waals surface area contributed by atoms with E-state index < -0.39 is 29.4 Å². The Kier molecular flexibility index (Phi) is 4.61. The van der Waals surface area contributed by atoms with E-state index in [4.69, 9.17) is 4.42 Å². The van der Waals surface area contributed by atoms with Gasteiger partial charge in [-0.3, -0.25) is 4.79 Å². The van der Waals surface area contributed by atoms with Crippen molar-refractivity contribution in [3.05, 3.63) is 83.4 Å². The number of rotatable bonds is 4. The van der Waals surface area contributed by atoms with Crippen LogP contribution in [0.25, 0.3) is 11.3 Å². The van der Waals surface area contributed by atoms with E-state index in [1.54, 1.807) is 19.1 Å². The molecule has 0 fully saturated rings. The summed E-state index contributed by atoms with van der Waals surface area (Å²) in [5, 5.41) is 2.56. The maximum absolute atomic E-state index is 13.8. The number of hydrogen-bond acceptors (Lipinski definition) is 2. The smallest absolute Gasteiger partial charge is 0.287 e. The van der Waals surface area contributed by atoms with Crippen molar-refractivity contribution in [2.45, 2.75) is 13.0 Å². The summed E-state index contributed by atoms with van der Waals surface area (Å²) in [5.41, 5.74) is 0.384. The Morgan fingerprint density at radius 1 is 1.00 bits per heavy atom. The van der Waals surface area contributed by atoms with Gasteiger partial charge in [-0.05, 0) is 37.3 Å². The van der Waals surface area contributed by atoms with Crippen LogP contribution in [-0.4, -0.2) is 5.91 Å². The van der Waals surface area contributed by atoms with Gasteiger partial charge in [0.2, 0.25) is 0 Å². The molecule has 1 N–H and O–H groups in total. The van der Waals surface area contributed by atoms with E-state index in [9.17, 15) is 18.0 Å². The second kappa shape index (κ2) is 6.84.